The van der Waals surface area contributed by atoms with Gasteiger partial charge in [-0.25, -0.2) is 4.98 Å². The van der Waals surface area contributed by atoms with E-state index in [9.17, 15) is 0 Å². The summed E-state index contributed by atoms with van der Waals surface area (Å²) in [5.74, 6) is 2.01. The van der Waals surface area contributed by atoms with Crippen LogP contribution >= 0.6 is 0 Å². The minimum atomic E-state index is -2.88. The van der Waals surface area contributed by atoms with Crippen molar-refractivity contribution < 1.29 is 25.8 Å². The molecule has 3 heterocycles. The predicted molar refractivity (Wildman–Crippen MR) is 329 cm³/mol. The summed E-state index contributed by atoms with van der Waals surface area (Å²) >= 11 is 0. The summed E-state index contributed by atoms with van der Waals surface area (Å²) in [5.41, 5.74) is 12.0. The number of benzene rings is 9. The fourth-order valence-electron chi connectivity index (χ4n) is 11.3. The molecule has 11 aromatic rings. The smallest absolute Gasteiger partial charge is 0.179 e. The second kappa shape index (κ2) is 20.8. The van der Waals surface area contributed by atoms with Crippen LogP contribution in [0, 0.1) is 18.8 Å². The van der Waals surface area contributed by atoms with Crippen LogP contribution in [-0.2, 0) is 37.3 Å². The molecule has 0 N–H and O–H groups in total. The van der Waals surface area contributed by atoms with Gasteiger partial charge in [0.2, 0.25) is 0 Å². The predicted octanol–water partition coefficient (Wildman–Crippen LogP) is 15.9. The van der Waals surface area contributed by atoms with Crippen molar-refractivity contribution in [3.8, 4) is 28.4 Å². The number of ether oxygens (including phenoxy) is 1. The molecule has 7 heteroatoms. The molecule has 79 heavy (non-hydrogen) atoms. The van der Waals surface area contributed by atoms with E-state index in [-0.39, 0.29) is 37.3 Å². The number of aromatic nitrogens is 2. The maximum absolute atomic E-state index is 6.89. The molecule has 9 aromatic carbocycles. The van der Waals surface area contributed by atoms with Gasteiger partial charge in [-0.3, -0.25) is 0 Å². The molecule has 0 atom stereocenters. The third-order valence-corrected chi connectivity index (χ3v) is 20.3. The van der Waals surface area contributed by atoms with Crippen molar-refractivity contribution in [2.24, 2.45) is 0 Å². The van der Waals surface area contributed by atoms with Crippen LogP contribution in [0.5, 0.6) is 11.5 Å². The van der Waals surface area contributed by atoms with Crippen LogP contribution in [0.4, 0.5) is 22.7 Å². The van der Waals surface area contributed by atoms with Gasteiger partial charge < -0.3 is 19.1 Å². The van der Waals surface area contributed by atoms with E-state index in [1.165, 1.54) is 43.0 Å². The van der Waals surface area contributed by atoms with Gasteiger partial charge in [0, 0.05) is 61.3 Å². The minimum absolute atomic E-state index is 0. The van der Waals surface area contributed by atoms with Gasteiger partial charge in [0.15, 0.2) is 8.07 Å². The second-order valence-corrected chi connectivity index (χ2v) is 27.7. The van der Waals surface area contributed by atoms with Gasteiger partial charge in [-0.1, -0.05) is 213 Å². The number of fused-ring (bicyclic) bond motifs is 4. The average Bonchev–Trinajstić information content (AvgIpc) is 4.25. The molecule has 2 aromatic heterocycles. The second-order valence-electron chi connectivity index (χ2n) is 23.8. The molecule has 0 unspecified atom stereocenters. The van der Waals surface area contributed by atoms with Gasteiger partial charge in [-0.2, -0.15) is 12.1 Å². The first-order valence-electron chi connectivity index (χ1n) is 27.2. The average molecular weight is 1230 g/mol. The largest absolute Gasteiger partial charge is 0.509 e. The van der Waals surface area contributed by atoms with E-state index in [4.69, 9.17) is 9.72 Å². The first kappa shape index (κ1) is 53.2. The maximum Gasteiger partial charge on any atom is 0.179 e. The Hall–Kier alpha value is -7.76. The van der Waals surface area contributed by atoms with Crippen molar-refractivity contribution in [1.82, 2.24) is 9.55 Å². The van der Waals surface area contributed by atoms with Crippen LogP contribution in [0.1, 0.15) is 79.0 Å². The minimum Gasteiger partial charge on any atom is -0.509 e. The van der Waals surface area contributed by atoms with Crippen molar-refractivity contribution in [2.45, 2.75) is 78.6 Å². The van der Waals surface area contributed by atoms with Crippen LogP contribution in [-0.4, -0.2) is 17.6 Å². The van der Waals surface area contributed by atoms with Gasteiger partial charge >= 0.3 is 0 Å². The van der Waals surface area contributed by atoms with Crippen LogP contribution in [0.3, 0.4) is 0 Å². The Balaban J connectivity index is 0.00000660. The Labute approximate surface area is 482 Å². The van der Waals surface area contributed by atoms with Crippen LogP contribution in [0.25, 0.3) is 38.8 Å². The molecule has 1 aliphatic rings. The molecule has 0 fully saturated rings. The van der Waals surface area contributed by atoms with Crippen molar-refractivity contribution in [2.75, 3.05) is 9.80 Å². The zero-order valence-electron chi connectivity index (χ0n) is 46.5. The molecule has 0 aliphatic carbocycles. The van der Waals surface area contributed by atoms with E-state index in [1.54, 1.807) is 0 Å². The van der Waals surface area contributed by atoms with E-state index >= 15 is 0 Å². The molecule has 0 saturated heterocycles. The van der Waals surface area contributed by atoms with Crippen LogP contribution < -0.4 is 35.3 Å². The molecule has 0 radical (unpaired) electrons. The SMILES string of the molecule is CC(C)(C)c1cc(N2[CH-]N(c3[c-]c(Oc4[c-]c5c(cc4)c4ccc([Si](c6ccccc6)(c6ccccc6)c6ccccc6)cc4n5-c4cc(C(C)(C)C)ccn4)ccc3)c3ccc(-c4ccccc4)cc32)cc(C(C)(C)C)c1.[Pt]. The van der Waals surface area contributed by atoms with Crippen molar-refractivity contribution in [1.29, 1.82) is 0 Å². The number of hydrogen-bond donors (Lipinski definition) is 0. The first-order valence-corrected chi connectivity index (χ1v) is 29.2. The third-order valence-electron chi connectivity index (χ3n) is 15.5. The Kier molecular flexibility index (Phi) is 14.0. The molecule has 0 saturated carbocycles. The molecule has 396 valence electrons. The van der Waals surface area contributed by atoms with Crippen LogP contribution in [0.15, 0.2) is 225 Å². The Morgan fingerprint density at radius 1 is 0.443 bits per heavy atom. The van der Waals surface area contributed by atoms with Gasteiger partial charge in [0.05, 0.1) is 0 Å². The monoisotopic (exact) mass is 1220 g/mol. The maximum atomic E-state index is 6.89. The number of hydrogen-bond acceptors (Lipinski definition) is 4. The van der Waals surface area contributed by atoms with Crippen molar-refractivity contribution in [3.05, 3.63) is 260 Å². The number of rotatable bonds is 10. The Morgan fingerprint density at radius 2 is 1.01 bits per heavy atom. The number of pyridine rings is 1. The van der Waals surface area contributed by atoms with Crippen molar-refractivity contribution >= 4 is 73.4 Å². The Bertz CT molecular complexity index is 3860. The molecule has 5 nitrogen and oxygen atoms in total. The quantitative estimate of drug-likeness (QED) is 0.0776. The molecule has 0 amide bonds. The van der Waals surface area contributed by atoms with E-state index in [1.807, 2.05) is 18.3 Å². The van der Waals surface area contributed by atoms with Gasteiger partial charge in [0.25, 0.3) is 0 Å². The molecule has 1 aliphatic heterocycles. The fraction of sp³-hybridized carbons (Fsp3) is 0.167. The van der Waals surface area contributed by atoms with Gasteiger partial charge in [-0.15, -0.1) is 48.1 Å². The summed E-state index contributed by atoms with van der Waals surface area (Å²) in [6.07, 6.45) is 1.94. The summed E-state index contributed by atoms with van der Waals surface area (Å²) in [6, 6.07) is 87.1. The molecule has 0 bridgehead atoms. The van der Waals surface area contributed by atoms with E-state index in [2.05, 4.69) is 302 Å². The Morgan fingerprint density at radius 3 is 1.61 bits per heavy atom. The van der Waals surface area contributed by atoms with Crippen molar-refractivity contribution in [3.63, 3.8) is 0 Å². The molecular weight excluding hydrogens is 1160 g/mol. The first-order chi connectivity index (χ1) is 37.5. The van der Waals surface area contributed by atoms with E-state index < -0.39 is 8.07 Å². The summed E-state index contributed by atoms with van der Waals surface area (Å²) in [7, 11) is -2.88. The zero-order valence-corrected chi connectivity index (χ0v) is 49.7. The third kappa shape index (κ3) is 9.96. The van der Waals surface area contributed by atoms with Gasteiger partial charge in [-0.05, 0) is 113 Å². The summed E-state index contributed by atoms with van der Waals surface area (Å²) in [5, 5.41) is 7.44. The number of nitrogens with zero attached hydrogens (tertiary/aromatic N) is 4. The normalized spacial score (nSPS) is 12.9. The van der Waals surface area contributed by atoms with E-state index in [0.717, 1.165) is 55.9 Å². The summed E-state index contributed by atoms with van der Waals surface area (Å²) in [6.45, 7) is 22.7. The fourth-order valence-corrected chi connectivity index (χ4v) is 16.0. The van der Waals surface area contributed by atoms with E-state index in [0.29, 0.717) is 11.5 Å². The number of anilines is 4. The van der Waals surface area contributed by atoms with Crippen LogP contribution in [0.2, 0.25) is 0 Å². The topological polar surface area (TPSA) is 33.5 Å². The molecular formula is C72H65N4OPtSi-3. The summed E-state index contributed by atoms with van der Waals surface area (Å²) in [4.78, 5) is 9.70. The summed E-state index contributed by atoms with van der Waals surface area (Å²) < 4.78 is 9.19. The standard InChI is InChI=1S/C72H65N4OSi.Pt/c1-70(2,3)52-39-40-73-69(45-52)76-66-47-58(34-36-63(66)64-37-35-62(48-67(64)76)78(59-27-16-11-17-28-59,60-29-18-12-19-30-60)61-31-20-13-21-32-61)77-57-26-22-25-55(46-57)74-49-75(56-43-53(71(4,5)6)42-54(44-56)72(7,8)9)68-41-51(33-38-65(68)74)50-23-14-10-15-24-50;/h10-45,48-49H,1-9H3;/q-3;. The molecule has 12 rings (SSSR count). The molecule has 0 spiro atoms. The zero-order chi connectivity index (χ0) is 54.0. The van der Waals surface area contributed by atoms with Gasteiger partial charge in [0.1, 0.15) is 5.82 Å².